The molecule has 2 aromatic carbocycles. The smallest absolute Gasteiger partial charge is 0.193 e. The minimum Gasteiger partial charge on any atom is -0.508 e. The fourth-order valence-electron chi connectivity index (χ4n) is 2.59. The van der Waals surface area contributed by atoms with Gasteiger partial charge in [-0.1, -0.05) is 19.2 Å². The van der Waals surface area contributed by atoms with Gasteiger partial charge in [0.25, 0.3) is 0 Å². The lowest BCUT2D eigenvalue weighted by molar-refractivity contribution is 0.441. The third-order valence-electron chi connectivity index (χ3n) is 3.88. The number of hydrogen-bond donors (Lipinski definition) is 1. The van der Waals surface area contributed by atoms with Crippen molar-refractivity contribution < 1.29 is 14.3 Å². The molecule has 0 radical (unpaired) electrons. The quantitative estimate of drug-likeness (QED) is 0.515. The molecule has 26 heavy (non-hydrogen) atoms. The molecule has 1 heterocycles. The number of rotatable bonds is 5. The predicted octanol–water partition coefficient (Wildman–Crippen LogP) is 5.11. The third kappa shape index (κ3) is 3.44. The Morgan fingerprint density at radius 1 is 1.15 bits per heavy atom. The van der Waals surface area contributed by atoms with Gasteiger partial charge in [-0.2, -0.15) is 0 Å². The summed E-state index contributed by atoms with van der Waals surface area (Å²) in [5, 5.41) is 9.87. The predicted molar refractivity (Wildman–Crippen MR) is 103 cm³/mol. The number of phenolic OH excluding ortho intramolecular Hbond substituents is 1. The van der Waals surface area contributed by atoms with Crippen molar-refractivity contribution >= 4 is 11.0 Å². The van der Waals surface area contributed by atoms with E-state index in [1.807, 2.05) is 25.1 Å². The average Bonchev–Trinajstić information content (AvgIpc) is 2.63. The van der Waals surface area contributed by atoms with E-state index in [9.17, 15) is 9.90 Å². The van der Waals surface area contributed by atoms with Crippen LogP contribution in [0.2, 0.25) is 0 Å². The molecule has 0 fully saturated rings. The highest BCUT2D eigenvalue weighted by Crippen LogP contribution is 2.29. The monoisotopic (exact) mass is 346 g/mol. The Morgan fingerprint density at radius 3 is 2.65 bits per heavy atom. The van der Waals surface area contributed by atoms with Crippen LogP contribution in [0.15, 0.2) is 88.8 Å². The second kappa shape index (κ2) is 7.15. The van der Waals surface area contributed by atoms with E-state index in [-0.39, 0.29) is 11.2 Å². The van der Waals surface area contributed by atoms with Crippen molar-refractivity contribution in [3.63, 3.8) is 0 Å². The molecule has 0 saturated heterocycles. The molecule has 0 spiro atoms. The molecule has 0 unspecified atom stereocenters. The summed E-state index contributed by atoms with van der Waals surface area (Å²) in [5.41, 5.74) is 1.85. The standard InChI is InChI=1S/C22H18O4/c1-4-6-17(5-2)25-20-9-7-15(11-14(20)3)22-13-19(24)18-12-16(23)8-10-21(18)26-22/h4-13,23H,1-2H2,3H3/b17-6+. The number of aryl methyl sites for hydroxylation is 1. The molecule has 0 amide bonds. The molecule has 3 aromatic rings. The van der Waals surface area contributed by atoms with E-state index in [1.54, 1.807) is 24.3 Å². The number of aromatic hydroxyl groups is 1. The van der Waals surface area contributed by atoms with Crippen LogP contribution >= 0.6 is 0 Å². The molecule has 4 nitrogen and oxygen atoms in total. The SMILES string of the molecule is C=C/C=C(\C=C)Oc1ccc(-c2cc(=O)c3cc(O)ccc3o2)cc1C. The number of phenols is 1. The third-order valence-corrected chi connectivity index (χ3v) is 3.88. The molecule has 1 aromatic heterocycles. The molecule has 130 valence electrons. The van der Waals surface area contributed by atoms with Crippen LogP contribution in [-0.2, 0) is 0 Å². The van der Waals surface area contributed by atoms with Gasteiger partial charge in [-0.25, -0.2) is 0 Å². The molecule has 0 atom stereocenters. The maximum atomic E-state index is 12.3. The number of ether oxygens (including phenoxy) is 1. The summed E-state index contributed by atoms with van der Waals surface area (Å²) >= 11 is 0. The summed E-state index contributed by atoms with van der Waals surface area (Å²) in [7, 11) is 0. The van der Waals surface area contributed by atoms with Crippen molar-refractivity contribution in [1.82, 2.24) is 0 Å². The number of hydrogen-bond acceptors (Lipinski definition) is 4. The fourth-order valence-corrected chi connectivity index (χ4v) is 2.59. The minimum atomic E-state index is -0.210. The van der Waals surface area contributed by atoms with Gasteiger partial charge in [0.2, 0.25) is 0 Å². The Bertz CT molecular complexity index is 1090. The van der Waals surface area contributed by atoms with Gasteiger partial charge in [-0.15, -0.1) is 0 Å². The van der Waals surface area contributed by atoms with Crippen LogP contribution in [0.3, 0.4) is 0 Å². The Hall–Kier alpha value is -3.53. The zero-order valence-electron chi connectivity index (χ0n) is 14.4. The number of benzene rings is 2. The van der Waals surface area contributed by atoms with Gasteiger partial charge in [0.1, 0.15) is 28.6 Å². The summed E-state index contributed by atoms with van der Waals surface area (Å²) in [4.78, 5) is 12.3. The van der Waals surface area contributed by atoms with E-state index in [0.717, 1.165) is 11.1 Å². The number of fused-ring (bicyclic) bond motifs is 1. The van der Waals surface area contributed by atoms with Gasteiger partial charge in [-0.3, -0.25) is 4.79 Å². The lowest BCUT2D eigenvalue weighted by atomic mass is 10.1. The van der Waals surface area contributed by atoms with E-state index in [2.05, 4.69) is 13.2 Å². The molecule has 0 aliphatic heterocycles. The van der Waals surface area contributed by atoms with Crippen LogP contribution in [0.4, 0.5) is 0 Å². The maximum Gasteiger partial charge on any atom is 0.193 e. The highest BCUT2D eigenvalue weighted by atomic mass is 16.5. The summed E-state index contributed by atoms with van der Waals surface area (Å²) in [6.45, 7) is 9.26. The van der Waals surface area contributed by atoms with Gasteiger partial charge in [0.05, 0.1) is 5.39 Å². The van der Waals surface area contributed by atoms with Crippen LogP contribution < -0.4 is 10.2 Å². The van der Waals surface area contributed by atoms with Gasteiger partial charge in [0.15, 0.2) is 5.43 Å². The molecular weight excluding hydrogens is 328 g/mol. The first-order valence-corrected chi connectivity index (χ1v) is 8.02. The van der Waals surface area contributed by atoms with Crippen LogP contribution in [0, 0.1) is 6.92 Å². The summed E-state index contributed by atoms with van der Waals surface area (Å²) in [6, 6.07) is 11.4. The van der Waals surface area contributed by atoms with Crippen molar-refractivity contribution in [2.24, 2.45) is 0 Å². The molecule has 1 N–H and O–H groups in total. The molecule has 3 rings (SSSR count). The molecule has 0 saturated carbocycles. The van der Waals surface area contributed by atoms with E-state index in [0.29, 0.717) is 28.2 Å². The van der Waals surface area contributed by atoms with Crippen molar-refractivity contribution in [3.8, 4) is 22.8 Å². The van der Waals surface area contributed by atoms with Crippen LogP contribution in [0.25, 0.3) is 22.3 Å². The summed E-state index contributed by atoms with van der Waals surface area (Å²) in [5.74, 6) is 1.75. The minimum absolute atomic E-state index is 0.0282. The summed E-state index contributed by atoms with van der Waals surface area (Å²) in [6.07, 6.45) is 4.95. The Morgan fingerprint density at radius 2 is 1.96 bits per heavy atom. The molecule has 0 aliphatic carbocycles. The van der Waals surface area contributed by atoms with Crippen LogP contribution in [0.5, 0.6) is 11.5 Å². The first-order valence-electron chi connectivity index (χ1n) is 8.02. The van der Waals surface area contributed by atoms with Gasteiger partial charge in [-0.05, 0) is 61.0 Å². The normalized spacial score (nSPS) is 11.3. The van der Waals surface area contributed by atoms with Gasteiger partial charge in [0, 0.05) is 11.6 Å². The van der Waals surface area contributed by atoms with Crippen molar-refractivity contribution in [3.05, 3.63) is 95.4 Å². The molecule has 4 heteroatoms. The zero-order valence-corrected chi connectivity index (χ0v) is 14.4. The van der Waals surface area contributed by atoms with Crippen LogP contribution in [-0.4, -0.2) is 5.11 Å². The van der Waals surface area contributed by atoms with Gasteiger partial charge >= 0.3 is 0 Å². The van der Waals surface area contributed by atoms with E-state index >= 15 is 0 Å². The lowest BCUT2D eigenvalue weighted by Crippen LogP contribution is -2.00. The second-order valence-electron chi connectivity index (χ2n) is 5.75. The largest absolute Gasteiger partial charge is 0.508 e. The highest BCUT2D eigenvalue weighted by Gasteiger charge is 2.10. The maximum absolute atomic E-state index is 12.3. The highest BCUT2D eigenvalue weighted by molar-refractivity contribution is 5.80. The molecule has 0 bridgehead atoms. The van der Waals surface area contributed by atoms with E-state index in [1.165, 1.54) is 18.2 Å². The Balaban J connectivity index is 2.01. The fraction of sp³-hybridized carbons (Fsp3) is 0.0455. The topological polar surface area (TPSA) is 59.7 Å². The van der Waals surface area contributed by atoms with Crippen molar-refractivity contribution in [1.29, 1.82) is 0 Å². The first-order chi connectivity index (χ1) is 12.5. The summed E-state index contributed by atoms with van der Waals surface area (Å²) < 4.78 is 11.6. The first kappa shape index (κ1) is 17.3. The molecule has 0 aliphatic rings. The van der Waals surface area contributed by atoms with E-state index < -0.39 is 0 Å². The van der Waals surface area contributed by atoms with E-state index in [4.69, 9.17) is 9.15 Å². The van der Waals surface area contributed by atoms with Crippen molar-refractivity contribution in [2.75, 3.05) is 0 Å². The number of allylic oxidation sites excluding steroid dienone is 3. The Kier molecular flexibility index (Phi) is 4.76. The molecular formula is C22H18O4. The average molecular weight is 346 g/mol. The second-order valence-corrected chi connectivity index (χ2v) is 5.75. The Labute approximate surface area is 151 Å². The van der Waals surface area contributed by atoms with Gasteiger partial charge < -0.3 is 14.3 Å². The van der Waals surface area contributed by atoms with Crippen LogP contribution in [0.1, 0.15) is 5.56 Å². The lowest BCUT2D eigenvalue weighted by Gasteiger charge is -2.11. The zero-order chi connectivity index (χ0) is 18.7. The van der Waals surface area contributed by atoms with Crippen molar-refractivity contribution in [2.45, 2.75) is 6.92 Å².